The number of fused-ring (bicyclic) bond motifs is 7. The average Bonchev–Trinajstić information content (AvgIpc) is 3.34. The summed E-state index contributed by atoms with van der Waals surface area (Å²) in [6.45, 7) is 11.3. The van der Waals surface area contributed by atoms with Gasteiger partial charge in [-0.1, -0.05) is 27.7 Å². The van der Waals surface area contributed by atoms with E-state index in [9.17, 15) is 9.59 Å². The van der Waals surface area contributed by atoms with Gasteiger partial charge in [-0.3, -0.25) is 14.9 Å². The molecule has 2 aliphatic heterocycles. The van der Waals surface area contributed by atoms with E-state index in [2.05, 4.69) is 43.6 Å². The lowest BCUT2D eigenvalue weighted by Gasteiger charge is -2.61. The molecule has 39 heavy (non-hydrogen) atoms. The molecule has 2 amide bonds. The number of carbonyl (C=O) groups excluding carboxylic acids is 2. The Labute approximate surface area is 235 Å². The number of rotatable bonds is 5. The van der Waals surface area contributed by atoms with Crippen LogP contribution in [0.5, 0.6) is 0 Å². The topological polar surface area (TPSA) is 99.7 Å². The van der Waals surface area contributed by atoms with Crippen LogP contribution in [0.2, 0.25) is 0 Å². The summed E-state index contributed by atoms with van der Waals surface area (Å²) in [6.07, 6.45) is 12.5. The van der Waals surface area contributed by atoms with E-state index in [-0.39, 0.29) is 43.2 Å². The molecule has 0 aromatic carbocycles. The molecular formula is C32H53N3O4. The number of aliphatic hydroxyl groups is 1. The van der Waals surface area contributed by atoms with E-state index in [4.69, 9.17) is 9.84 Å². The highest BCUT2D eigenvalue weighted by molar-refractivity contribution is 5.96. The number of aliphatic hydroxyl groups excluding tert-OH is 1. The van der Waals surface area contributed by atoms with Crippen LogP contribution in [0, 0.1) is 52.3 Å². The molecule has 4 aliphatic carbocycles. The monoisotopic (exact) mass is 543 g/mol. The molecule has 4 saturated carbocycles. The number of carbonyl (C=O) groups is 2. The minimum absolute atomic E-state index is 0.0847. The van der Waals surface area contributed by atoms with Crippen molar-refractivity contribution in [3.05, 3.63) is 0 Å². The molecule has 2 heterocycles. The summed E-state index contributed by atoms with van der Waals surface area (Å²) in [5.41, 5.74) is 0.666. The minimum Gasteiger partial charge on any atom is -0.395 e. The molecule has 12 atom stereocenters. The van der Waals surface area contributed by atoms with E-state index in [0.717, 1.165) is 43.1 Å². The second-order valence-corrected chi connectivity index (χ2v) is 15.1. The Morgan fingerprint density at radius 1 is 0.949 bits per heavy atom. The molecule has 4 N–H and O–H groups in total. The molecule has 0 bridgehead atoms. The van der Waals surface area contributed by atoms with Gasteiger partial charge < -0.3 is 20.5 Å². The van der Waals surface area contributed by atoms with Gasteiger partial charge >= 0.3 is 0 Å². The highest BCUT2D eigenvalue weighted by Crippen LogP contribution is 2.71. The lowest BCUT2D eigenvalue weighted by atomic mass is 9.44. The van der Waals surface area contributed by atoms with Gasteiger partial charge in [-0.2, -0.15) is 0 Å². The van der Waals surface area contributed by atoms with Crippen LogP contribution in [0.4, 0.5) is 0 Å². The highest BCUT2D eigenvalue weighted by Gasteiger charge is 2.68. The van der Waals surface area contributed by atoms with Crippen molar-refractivity contribution in [2.75, 3.05) is 19.7 Å². The van der Waals surface area contributed by atoms with E-state index < -0.39 is 0 Å². The van der Waals surface area contributed by atoms with E-state index in [0.29, 0.717) is 34.7 Å². The molecular weight excluding hydrogens is 490 g/mol. The number of nitrogens with one attached hydrogen (secondary N) is 3. The van der Waals surface area contributed by atoms with Crippen molar-refractivity contribution >= 4 is 11.8 Å². The second-order valence-electron chi connectivity index (χ2n) is 15.1. The van der Waals surface area contributed by atoms with Crippen molar-refractivity contribution in [3.8, 4) is 0 Å². The first-order valence-corrected chi connectivity index (χ1v) is 16.2. The average molecular weight is 544 g/mol. The lowest BCUT2D eigenvalue weighted by Crippen LogP contribution is -2.58. The molecule has 6 rings (SSSR count). The molecule has 1 spiro atoms. The minimum atomic E-state index is -0.313. The Morgan fingerprint density at radius 3 is 2.49 bits per heavy atom. The van der Waals surface area contributed by atoms with Gasteiger partial charge in [0.2, 0.25) is 11.8 Å². The van der Waals surface area contributed by atoms with Crippen molar-refractivity contribution in [2.24, 2.45) is 52.3 Å². The van der Waals surface area contributed by atoms with Crippen molar-refractivity contribution in [3.63, 3.8) is 0 Å². The fraction of sp³-hybridized carbons (Fsp3) is 0.938. The first-order chi connectivity index (χ1) is 18.6. The number of piperidine rings is 1. The van der Waals surface area contributed by atoms with Gasteiger partial charge in [0.15, 0.2) is 0 Å². The van der Waals surface area contributed by atoms with Crippen molar-refractivity contribution in [1.29, 1.82) is 0 Å². The van der Waals surface area contributed by atoms with Crippen molar-refractivity contribution in [1.82, 2.24) is 16.0 Å². The van der Waals surface area contributed by atoms with Gasteiger partial charge in [0.1, 0.15) is 12.1 Å². The number of hydrogen-bond acceptors (Lipinski definition) is 5. The molecule has 7 heteroatoms. The van der Waals surface area contributed by atoms with Gasteiger partial charge in [-0.05, 0) is 111 Å². The normalized spacial score (nSPS) is 50.4. The standard InChI is InChI=1S/C32H53N3O4/c1-19-7-12-32(34-18-19)20(2)29-26(39-32)16-25-23-6-5-21-15-22(35-28(38)17-27(37)33-13-14-36)8-10-30(21,3)24(23)9-11-31(25,29)4/h19-26,29,34,36H,5-18H2,1-4H3,(H,33,37)(H,35,38)/t19-,20+,21+,22-,23-,24+,25+,26+,29+,30+,31+,32-/m1/s1. The van der Waals surface area contributed by atoms with Crippen LogP contribution in [-0.2, 0) is 14.3 Å². The Kier molecular flexibility index (Phi) is 7.36. The maximum Gasteiger partial charge on any atom is 0.229 e. The second kappa shape index (κ2) is 10.3. The molecule has 7 nitrogen and oxygen atoms in total. The summed E-state index contributed by atoms with van der Waals surface area (Å²) in [5, 5.41) is 18.5. The molecule has 0 unspecified atom stereocenters. The van der Waals surface area contributed by atoms with Crippen LogP contribution >= 0.6 is 0 Å². The van der Waals surface area contributed by atoms with Crippen LogP contribution < -0.4 is 16.0 Å². The lowest BCUT2D eigenvalue weighted by molar-refractivity contribution is -0.137. The quantitative estimate of drug-likeness (QED) is 0.393. The van der Waals surface area contributed by atoms with Crippen LogP contribution in [0.3, 0.4) is 0 Å². The maximum atomic E-state index is 12.5. The Bertz CT molecular complexity index is 950. The van der Waals surface area contributed by atoms with E-state index in [1.165, 1.54) is 51.4 Å². The maximum absolute atomic E-state index is 12.5. The van der Waals surface area contributed by atoms with Crippen molar-refractivity contribution in [2.45, 2.75) is 116 Å². The molecule has 0 aromatic heterocycles. The van der Waals surface area contributed by atoms with Gasteiger partial charge in [-0.15, -0.1) is 0 Å². The summed E-state index contributed by atoms with van der Waals surface area (Å²) < 4.78 is 7.05. The van der Waals surface area contributed by atoms with E-state index in [1.807, 2.05) is 0 Å². The Morgan fingerprint density at radius 2 is 1.74 bits per heavy atom. The summed E-state index contributed by atoms with van der Waals surface area (Å²) in [5.74, 6) is 4.53. The SMILES string of the molecule is C[C@@H]1CC[C@@]2(NC1)O[C@H]1C[C@H]3[C@@H]4CC[C@H]5C[C@H](NC(=O)CC(=O)NCCO)CC[C@]5(C)[C@H]4CC[C@]3(C)[C@H]1[C@@H]2C. The third-order valence-corrected chi connectivity index (χ3v) is 13.3. The fourth-order valence-corrected chi connectivity index (χ4v) is 11.3. The summed E-state index contributed by atoms with van der Waals surface area (Å²) >= 11 is 0. The van der Waals surface area contributed by atoms with Crippen LogP contribution in [0.25, 0.3) is 0 Å². The number of ether oxygens (including phenoxy) is 1. The third kappa shape index (κ3) is 4.57. The summed E-state index contributed by atoms with van der Waals surface area (Å²) in [4.78, 5) is 24.4. The smallest absolute Gasteiger partial charge is 0.229 e. The van der Waals surface area contributed by atoms with Gasteiger partial charge in [0, 0.05) is 25.0 Å². The summed E-state index contributed by atoms with van der Waals surface area (Å²) in [6, 6.07) is 0.175. The molecule has 220 valence electrons. The van der Waals surface area contributed by atoms with E-state index in [1.54, 1.807) is 0 Å². The first-order valence-electron chi connectivity index (χ1n) is 16.2. The molecule has 0 radical (unpaired) electrons. The molecule has 2 saturated heterocycles. The van der Waals surface area contributed by atoms with Crippen LogP contribution in [-0.4, -0.2) is 54.5 Å². The van der Waals surface area contributed by atoms with Gasteiger partial charge in [0.25, 0.3) is 0 Å². The first kappa shape index (κ1) is 28.0. The van der Waals surface area contributed by atoms with E-state index >= 15 is 0 Å². The zero-order chi connectivity index (χ0) is 27.6. The van der Waals surface area contributed by atoms with Gasteiger partial charge in [0.05, 0.1) is 12.7 Å². The zero-order valence-electron chi connectivity index (χ0n) is 24.8. The fourth-order valence-electron chi connectivity index (χ4n) is 11.3. The van der Waals surface area contributed by atoms with Crippen LogP contribution in [0.1, 0.15) is 98.3 Å². The zero-order valence-corrected chi connectivity index (χ0v) is 24.8. The van der Waals surface area contributed by atoms with Gasteiger partial charge in [-0.25, -0.2) is 0 Å². The third-order valence-electron chi connectivity index (χ3n) is 13.3. The largest absolute Gasteiger partial charge is 0.395 e. The highest BCUT2D eigenvalue weighted by atomic mass is 16.5. The van der Waals surface area contributed by atoms with Crippen LogP contribution in [0.15, 0.2) is 0 Å². The molecule has 6 fully saturated rings. The number of hydrogen-bond donors (Lipinski definition) is 4. The Balaban J connectivity index is 1.10. The Hall–Kier alpha value is -1.18. The predicted octanol–water partition coefficient (Wildman–Crippen LogP) is 3.99. The van der Waals surface area contributed by atoms with Crippen molar-refractivity contribution < 1.29 is 19.4 Å². The molecule has 6 aliphatic rings. The predicted molar refractivity (Wildman–Crippen MR) is 150 cm³/mol. The number of amides is 2. The summed E-state index contributed by atoms with van der Waals surface area (Å²) in [7, 11) is 0. The molecule has 0 aromatic rings.